The van der Waals surface area contributed by atoms with Crippen molar-refractivity contribution in [3.63, 3.8) is 0 Å². The number of aryl methyl sites for hydroxylation is 2. The highest BCUT2D eigenvalue weighted by Crippen LogP contribution is 2.37. The molecule has 0 bridgehead atoms. The number of ether oxygens (including phenoxy) is 2. The van der Waals surface area contributed by atoms with Crippen molar-refractivity contribution in [1.82, 2.24) is 24.3 Å². The smallest absolute Gasteiger partial charge is 0.174 e. The standard InChI is InChI=1S/C24H29N5O2/c1-17-15-28(16-25-17)21-7-5-18(14-22(21)30-2)6-8-23-26-24-20(4-3-11-29(24)27-23)19-9-12-31-13-10-19/h5-8,14-16,19-20H,3-4,9-13H2,1-2H3/b8-6+/t20-/m1/s1. The van der Waals surface area contributed by atoms with Gasteiger partial charge in [-0.15, -0.1) is 0 Å². The van der Waals surface area contributed by atoms with E-state index in [2.05, 4.69) is 21.8 Å². The first-order chi connectivity index (χ1) is 15.2. The van der Waals surface area contributed by atoms with Crippen LogP contribution in [-0.4, -0.2) is 44.6 Å². The van der Waals surface area contributed by atoms with Crippen molar-refractivity contribution in [1.29, 1.82) is 0 Å². The van der Waals surface area contributed by atoms with Gasteiger partial charge in [-0.1, -0.05) is 12.1 Å². The topological polar surface area (TPSA) is 67.0 Å². The van der Waals surface area contributed by atoms with Crippen LogP contribution in [0.5, 0.6) is 5.75 Å². The highest BCUT2D eigenvalue weighted by atomic mass is 16.5. The van der Waals surface area contributed by atoms with Crippen LogP contribution >= 0.6 is 0 Å². The molecule has 0 unspecified atom stereocenters. The molecular weight excluding hydrogens is 390 g/mol. The highest BCUT2D eigenvalue weighted by molar-refractivity contribution is 5.69. The minimum atomic E-state index is 0.505. The van der Waals surface area contributed by atoms with Gasteiger partial charge < -0.3 is 14.0 Å². The molecule has 4 heterocycles. The lowest BCUT2D eigenvalue weighted by Crippen LogP contribution is -2.27. The minimum Gasteiger partial charge on any atom is -0.495 e. The molecule has 0 radical (unpaired) electrons. The van der Waals surface area contributed by atoms with Gasteiger partial charge in [0.2, 0.25) is 0 Å². The number of fused-ring (bicyclic) bond motifs is 1. The molecule has 0 aliphatic carbocycles. The molecule has 1 fully saturated rings. The second-order valence-corrected chi connectivity index (χ2v) is 8.44. The summed E-state index contributed by atoms with van der Waals surface area (Å²) in [6.45, 7) is 4.68. The summed E-state index contributed by atoms with van der Waals surface area (Å²) in [5, 5.41) is 4.77. The number of methoxy groups -OCH3 is 1. The molecule has 2 aliphatic rings. The first-order valence-corrected chi connectivity index (χ1v) is 11.1. The predicted molar refractivity (Wildman–Crippen MR) is 119 cm³/mol. The van der Waals surface area contributed by atoms with Crippen molar-refractivity contribution < 1.29 is 9.47 Å². The van der Waals surface area contributed by atoms with Crippen LogP contribution in [0, 0.1) is 12.8 Å². The molecule has 7 nitrogen and oxygen atoms in total. The molecule has 7 heteroatoms. The second-order valence-electron chi connectivity index (χ2n) is 8.44. The third-order valence-corrected chi connectivity index (χ3v) is 6.39. The van der Waals surface area contributed by atoms with E-state index in [1.54, 1.807) is 13.4 Å². The van der Waals surface area contributed by atoms with Gasteiger partial charge in [0.05, 0.1) is 24.8 Å². The molecule has 1 atom stereocenters. The van der Waals surface area contributed by atoms with Crippen molar-refractivity contribution in [3.8, 4) is 11.4 Å². The first kappa shape index (κ1) is 20.0. The van der Waals surface area contributed by atoms with Gasteiger partial charge in [-0.05, 0) is 62.3 Å². The molecule has 3 aromatic rings. The van der Waals surface area contributed by atoms with E-state index < -0.39 is 0 Å². The Morgan fingerprint density at radius 1 is 1.16 bits per heavy atom. The van der Waals surface area contributed by atoms with E-state index in [4.69, 9.17) is 19.6 Å². The van der Waals surface area contributed by atoms with Crippen LogP contribution in [0.4, 0.5) is 0 Å². The van der Waals surface area contributed by atoms with Crippen molar-refractivity contribution in [2.45, 2.75) is 45.1 Å². The number of hydrogen-bond acceptors (Lipinski definition) is 5. The molecule has 5 rings (SSSR count). The lowest BCUT2D eigenvalue weighted by molar-refractivity contribution is 0.0531. The van der Waals surface area contributed by atoms with Crippen molar-refractivity contribution in [2.24, 2.45) is 5.92 Å². The van der Waals surface area contributed by atoms with Crippen molar-refractivity contribution in [2.75, 3.05) is 20.3 Å². The largest absolute Gasteiger partial charge is 0.495 e. The predicted octanol–water partition coefficient (Wildman–Crippen LogP) is 4.26. The van der Waals surface area contributed by atoms with E-state index in [0.717, 1.165) is 66.9 Å². The zero-order chi connectivity index (χ0) is 21.2. The van der Waals surface area contributed by atoms with Gasteiger partial charge in [0.15, 0.2) is 5.82 Å². The van der Waals surface area contributed by atoms with Crippen molar-refractivity contribution >= 4 is 12.2 Å². The Morgan fingerprint density at radius 3 is 2.81 bits per heavy atom. The Morgan fingerprint density at radius 2 is 2.03 bits per heavy atom. The van der Waals surface area contributed by atoms with Crippen LogP contribution in [0.15, 0.2) is 30.7 Å². The van der Waals surface area contributed by atoms with Gasteiger partial charge in [0, 0.05) is 31.9 Å². The van der Waals surface area contributed by atoms with E-state index in [-0.39, 0.29) is 0 Å². The molecule has 0 N–H and O–H groups in total. The fourth-order valence-electron chi connectivity index (χ4n) is 4.77. The van der Waals surface area contributed by atoms with Crippen LogP contribution < -0.4 is 4.74 Å². The zero-order valence-electron chi connectivity index (χ0n) is 18.2. The van der Waals surface area contributed by atoms with Crippen LogP contribution in [0.3, 0.4) is 0 Å². The summed E-state index contributed by atoms with van der Waals surface area (Å²) in [5.74, 6) is 3.91. The highest BCUT2D eigenvalue weighted by Gasteiger charge is 2.31. The van der Waals surface area contributed by atoms with Crippen LogP contribution in [0.1, 0.15) is 54.5 Å². The number of hydrogen-bond donors (Lipinski definition) is 0. The van der Waals surface area contributed by atoms with Crippen LogP contribution in [0.2, 0.25) is 0 Å². The van der Waals surface area contributed by atoms with E-state index in [0.29, 0.717) is 11.8 Å². The van der Waals surface area contributed by atoms with Crippen LogP contribution in [0.25, 0.3) is 17.8 Å². The number of rotatable bonds is 5. The Labute approximate surface area is 182 Å². The third-order valence-electron chi connectivity index (χ3n) is 6.39. The zero-order valence-corrected chi connectivity index (χ0v) is 18.2. The van der Waals surface area contributed by atoms with E-state index in [9.17, 15) is 0 Å². The third kappa shape index (κ3) is 4.14. The molecule has 2 aliphatic heterocycles. The second kappa shape index (κ2) is 8.67. The first-order valence-electron chi connectivity index (χ1n) is 11.1. The quantitative estimate of drug-likeness (QED) is 0.618. The summed E-state index contributed by atoms with van der Waals surface area (Å²) in [6.07, 6.45) is 12.5. The van der Waals surface area contributed by atoms with Gasteiger partial charge in [0.25, 0.3) is 0 Å². The summed E-state index contributed by atoms with van der Waals surface area (Å²) in [5.41, 5.74) is 2.99. The Balaban J connectivity index is 1.37. The van der Waals surface area contributed by atoms with Gasteiger partial charge in [0.1, 0.15) is 11.6 Å². The molecule has 162 valence electrons. The Bertz CT molecular complexity index is 1080. The fourth-order valence-corrected chi connectivity index (χ4v) is 4.77. The number of benzene rings is 1. The van der Waals surface area contributed by atoms with Gasteiger partial charge in [-0.25, -0.2) is 14.6 Å². The molecule has 31 heavy (non-hydrogen) atoms. The number of imidazole rings is 1. The Hall–Kier alpha value is -2.93. The molecule has 0 spiro atoms. The summed E-state index contributed by atoms with van der Waals surface area (Å²) in [7, 11) is 1.69. The molecular formula is C24H29N5O2. The van der Waals surface area contributed by atoms with Gasteiger partial charge in [-0.2, -0.15) is 5.10 Å². The average molecular weight is 420 g/mol. The van der Waals surface area contributed by atoms with Gasteiger partial charge in [-0.3, -0.25) is 0 Å². The maximum atomic E-state index is 5.62. The SMILES string of the molecule is COc1cc(/C=C/c2nc3n(n2)CCC[C@@H]3C2CCOCC2)ccc1-n1cnc(C)c1. The van der Waals surface area contributed by atoms with Gasteiger partial charge >= 0.3 is 0 Å². The summed E-state index contributed by atoms with van der Waals surface area (Å²) < 4.78 is 15.3. The summed E-state index contributed by atoms with van der Waals surface area (Å²) in [4.78, 5) is 9.22. The van der Waals surface area contributed by atoms with E-state index in [1.807, 2.05) is 35.9 Å². The average Bonchev–Trinajstić information content (AvgIpc) is 3.43. The van der Waals surface area contributed by atoms with Crippen LogP contribution in [-0.2, 0) is 11.3 Å². The fraction of sp³-hybridized carbons (Fsp3) is 0.458. The monoisotopic (exact) mass is 419 g/mol. The lowest BCUT2D eigenvalue weighted by Gasteiger charge is -2.32. The molecule has 0 saturated carbocycles. The maximum absolute atomic E-state index is 5.62. The lowest BCUT2D eigenvalue weighted by atomic mass is 9.81. The Kier molecular flexibility index (Phi) is 5.59. The molecule has 1 aromatic carbocycles. The molecule has 2 aromatic heterocycles. The number of aromatic nitrogens is 5. The van der Waals surface area contributed by atoms with E-state index in [1.165, 1.54) is 12.8 Å². The number of nitrogens with zero attached hydrogens (tertiary/aromatic N) is 5. The van der Waals surface area contributed by atoms with Crippen molar-refractivity contribution in [3.05, 3.63) is 53.6 Å². The summed E-state index contributed by atoms with van der Waals surface area (Å²) in [6, 6.07) is 6.15. The molecule has 1 saturated heterocycles. The van der Waals surface area contributed by atoms with E-state index >= 15 is 0 Å². The summed E-state index contributed by atoms with van der Waals surface area (Å²) >= 11 is 0. The maximum Gasteiger partial charge on any atom is 0.174 e. The minimum absolute atomic E-state index is 0.505. The normalized spacial score (nSPS) is 19.6. The molecule has 0 amide bonds.